The fourth-order valence-electron chi connectivity index (χ4n) is 2.65. The molecule has 144 valence electrons. The average molecular weight is 404 g/mol. The van der Waals surface area contributed by atoms with Gasteiger partial charge in [0.25, 0.3) is 5.91 Å². The molecule has 0 bridgehead atoms. The molecule has 1 amide bonds. The second-order valence-electron chi connectivity index (χ2n) is 5.72. The Morgan fingerprint density at radius 1 is 1.26 bits per heavy atom. The summed E-state index contributed by atoms with van der Waals surface area (Å²) in [7, 11) is -3.95. The zero-order valence-corrected chi connectivity index (χ0v) is 14.2. The number of hydrogen-bond acceptors (Lipinski definition) is 6. The van der Waals surface area contributed by atoms with E-state index >= 15 is 0 Å². The van der Waals surface area contributed by atoms with E-state index in [1.807, 2.05) is 4.72 Å². The van der Waals surface area contributed by atoms with Crippen LogP contribution in [0.15, 0.2) is 24.4 Å². The van der Waals surface area contributed by atoms with Crippen LogP contribution in [-0.2, 0) is 21.0 Å². The summed E-state index contributed by atoms with van der Waals surface area (Å²) in [6.07, 6.45) is -3.09. The first-order valence-electron chi connectivity index (χ1n) is 7.20. The molecule has 3 N–H and O–H groups in total. The highest BCUT2D eigenvalue weighted by molar-refractivity contribution is 7.88. The van der Waals surface area contributed by atoms with Crippen LogP contribution in [0.3, 0.4) is 0 Å². The molecular formula is C14H11F3N4O5S. The van der Waals surface area contributed by atoms with Gasteiger partial charge in [0.05, 0.1) is 23.7 Å². The fourth-order valence-corrected chi connectivity index (χ4v) is 3.29. The van der Waals surface area contributed by atoms with Gasteiger partial charge in [0.1, 0.15) is 5.69 Å². The molecule has 1 aromatic heterocycles. The van der Waals surface area contributed by atoms with E-state index in [2.05, 4.69) is 10.4 Å². The predicted octanol–water partition coefficient (Wildman–Crippen LogP) is 0.859. The Balaban J connectivity index is 2.21. The van der Waals surface area contributed by atoms with Crippen LogP contribution < -0.4 is 10.0 Å². The lowest BCUT2D eigenvalue weighted by Crippen LogP contribution is -2.51. The molecule has 1 unspecified atom stereocenters. The fraction of sp³-hybridized carbons (Fsp3) is 0.214. The molecule has 2 aromatic rings. The number of alkyl halides is 3. The maximum absolute atomic E-state index is 13.4. The zero-order valence-electron chi connectivity index (χ0n) is 13.4. The summed E-state index contributed by atoms with van der Waals surface area (Å²) in [5.74, 6) is -2.14. The molecule has 0 saturated heterocycles. The minimum atomic E-state index is -4.87. The first-order chi connectivity index (χ1) is 12.4. The largest absolute Gasteiger partial charge is 0.417 e. The van der Waals surface area contributed by atoms with Gasteiger partial charge in [0.15, 0.2) is 11.8 Å². The van der Waals surface area contributed by atoms with Crippen molar-refractivity contribution in [3.05, 3.63) is 35.5 Å². The molecule has 13 heteroatoms. The van der Waals surface area contributed by atoms with Crippen LogP contribution in [0.5, 0.6) is 0 Å². The normalized spacial score (nSPS) is 17.6. The third kappa shape index (κ3) is 3.50. The number of benzene rings is 1. The third-order valence-electron chi connectivity index (χ3n) is 3.74. The maximum Gasteiger partial charge on any atom is 0.417 e. The van der Waals surface area contributed by atoms with Crippen molar-refractivity contribution in [2.75, 3.05) is 11.6 Å². The van der Waals surface area contributed by atoms with Gasteiger partial charge in [-0.15, -0.1) is 9.94 Å². The standard InChI is InChI=1S/C14H11F3N4O5S/c1-27(25,26)20-11-12(22)7-4-6(10-2-3-18-21(10)24)8(14(15,16)17)5-9(7)19-13(11)23/h2-5,11,20,24H,1H3,(H,19,23). The van der Waals surface area contributed by atoms with Crippen molar-refractivity contribution in [3.8, 4) is 11.3 Å². The van der Waals surface area contributed by atoms with Crippen molar-refractivity contribution in [1.29, 1.82) is 0 Å². The number of nitrogens with zero attached hydrogens (tertiary/aromatic N) is 2. The van der Waals surface area contributed by atoms with Crippen LogP contribution in [0.4, 0.5) is 18.9 Å². The molecule has 1 aliphatic rings. The highest BCUT2D eigenvalue weighted by Gasteiger charge is 2.41. The van der Waals surface area contributed by atoms with Gasteiger partial charge in [-0.3, -0.25) is 9.59 Å². The number of rotatable bonds is 3. The number of ketones is 1. The van der Waals surface area contributed by atoms with Crippen molar-refractivity contribution < 1.29 is 36.4 Å². The molecule has 2 heterocycles. The van der Waals surface area contributed by atoms with Crippen molar-refractivity contribution in [3.63, 3.8) is 0 Å². The number of aromatic nitrogens is 2. The van der Waals surface area contributed by atoms with Crippen LogP contribution in [-0.4, -0.2) is 47.6 Å². The van der Waals surface area contributed by atoms with Gasteiger partial charge in [-0.05, 0) is 18.2 Å². The first-order valence-corrected chi connectivity index (χ1v) is 9.09. The highest BCUT2D eigenvalue weighted by atomic mass is 32.2. The molecule has 3 rings (SSSR count). The van der Waals surface area contributed by atoms with Gasteiger partial charge in [0.2, 0.25) is 10.0 Å². The number of sulfonamides is 1. The summed E-state index contributed by atoms with van der Waals surface area (Å²) in [5, 5.41) is 15.1. The summed E-state index contributed by atoms with van der Waals surface area (Å²) < 4.78 is 64.8. The van der Waals surface area contributed by atoms with E-state index in [0.717, 1.165) is 24.6 Å². The van der Waals surface area contributed by atoms with Gasteiger partial charge in [-0.1, -0.05) is 0 Å². The number of amides is 1. The van der Waals surface area contributed by atoms with Gasteiger partial charge in [0, 0.05) is 11.1 Å². The zero-order chi connectivity index (χ0) is 20.1. The summed E-state index contributed by atoms with van der Waals surface area (Å²) in [5.41, 5.74) is -2.90. The van der Waals surface area contributed by atoms with Crippen molar-refractivity contribution >= 4 is 27.4 Å². The Kier molecular flexibility index (Phi) is 4.23. The van der Waals surface area contributed by atoms with Crippen LogP contribution in [0.1, 0.15) is 15.9 Å². The van der Waals surface area contributed by atoms with E-state index in [1.54, 1.807) is 0 Å². The van der Waals surface area contributed by atoms with E-state index in [4.69, 9.17) is 0 Å². The summed E-state index contributed by atoms with van der Waals surface area (Å²) in [6.45, 7) is 0. The Bertz CT molecular complexity index is 1060. The molecule has 1 aliphatic heterocycles. The second kappa shape index (κ2) is 6.06. The van der Waals surface area contributed by atoms with Gasteiger partial charge in [-0.2, -0.15) is 17.9 Å². The molecule has 0 aliphatic carbocycles. The van der Waals surface area contributed by atoms with Crippen LogP contribution >= 0.6 is 0 Å². The van der Waals surface area contributed by atoms with E-state index < -0.39 is 50.7 Å². The monoisotopic (exact) mass is 404 g/mol. The van der Waals surface area contributed by atoms with Crippen LogP contribution in [0.2, 0.25) is 0 Å². The van der Waals surface area contributed by atoms with Crippen molar-refractivity contribution in [1.82, 2.24) is 14.7 Å². The average Bonchev–Trinajstić information content (AvgIpc) is 2.94. The minimum absolute atomic E-state index is 0.203. The lowest BCUT2D eigenvalue weighted by Gasteiger charge is -2.25. The lowest BCUT2D eigenvalue weighted by molar-refractivity contribution is -0.137. The molecule has 0 fully saturated rings. The minimum Gasteiger partial charge on any atom is -0.411 e. The summed E-state index contributed by atoms with van der Waals surface area (Å²) in [4.78, 5) is 24.7. The molecule has 0 saturated carbocycles. The van der Waals surface area contributed by atoms with Gasteiger partial charge < -0.3 is 10.5 Å². The number of hydrogen-bond donors (Lipinski definition) is 3. The number of fused-ring (bicyclic) bond motifs is 1. The highest BCUT2D eigenvalue weighted by Crippen LogP contribution is 2.41. The predicted molar refractivity (Wildman–Crippen MR) is 84.6 cm³/mol. The first kappa shape index (κ1) is 18.8. The topological polar surface area (TPSA) is 130 Å². The Hall–Kier alpha value is -2.93. The molecular weight excluding hydrogens is 393 g/mol. The van der Waals surface area contributed by atoms with Crippen molar-refractivity contribution in [2.24, 2.45) is 0 Å². The summed E-state index contributed by atoms with van der Waals surface area (Å²) in [6, 6.07) is 0.635. The van der Waals surface area contributed by atoms with E-state index in [0.29, 0.717) is 6.07 Å². The van der Waals surface area contributed by atoms with Gasteiger partial charge in [-0.25, -0.2) is 8.42 Å². The molecule has 27 heavy (non-hydrogen) atoms. The number of carbonyl (C=O) groups excluding carboxylic acids is 2. The van der Waals surface area contributed by atoms with E-state index in [-0.39, 0.29) is 16.1 Å². The lowest BCUT2D eigenvalue weighted by atomic mass is 9.92. The van der Waals surface area contributed by atoms with Crippen LogP contribution in [0.25, 0.3) is 11.3 Å². The molecule has 9 nitrogen and oxygen atoms in total. The Morgan fingerprint density at radius 3 is 2.44 bits per heavy atom. The molecule has 0 spiro atoms. The second-order valence-corrected chi connectivity index (χ2v) is 7.50. The van der Waals surface area contributed by atoms with Crippen molar-refractivity contribution in [2.45, 2.75) is 12.2 Å². The van der Waals surface area contributed by atoms with E-state index in [1.165, 1.54) is 0 Å². The van der Waals surface area contributed by atoms with Crippen LogP contribution in [0, 0.1) is 0 Å². The number of anilines is 1. The quantitative estimate of drug-likeness (QED) is 0.514. The van der Waals surface area contributed by atoms with E-state index in [9.17, 15) is 36.4 Å². The number of nitrogens with one attached hydrogen (secondary N) is 2. The Labute approximate surface area is 149 Å². The number of Topliss-reactive ketones (excluding diaryl/α,β-unsaturated/α-hetero) is 1. The molecule has 1 aromatic carbocycles. The molecule has 1 atom stereocenters. The Morgan fingerprint density at radius 2 is 1.93 bits per heavy atom. The number of halogens is 3. The third-order valence-corrected chi connectivity index (χ3v) is 4.41. The summed E-state index contributed by atoms with van der Waals surface area (Å²) >= 11 is 0. The van der Waals surface area contributed by atoms with Gasteiger partial charge >= 0.3 is 6.18 Å². The maximum atomic E-state index is 13.4. The number of carbonyl (C=O) groups is 2. The SMILES string of the molecule is CS(=O)(=O)NC1C(=O)Nc2cc(C(F)(F)F)c(-c3ccnn3O)cc2C1=O. The smallest absolute Gasteiger partial charge is 0.411 e. The molecule has 0 radical (unpaired) electrons.